The van der Waals surface area contributed by atoms with Crippen LogP contribution < -0.4 is 5.32 Å². The van der Waals surface area contributed by atoms with Crippen LogP contribution in [0.1, 0.15) is 46.5 Å². The summed E-state index contributed by atoms with van der Waals surface area (Å²) < 4.78 is 11.9. The summed E-state index contributed by atoms with van der Waals surface area (Å²) in [4.78, 5) is 0. The summed E-state index contributed by atoms with van der Waals surface area (Å²) in [6.45, 7) is 9.49. The Balaban J connectivity index is 1.59. The molecule has 1 saturated carbocycles. The van der Waals surface area contributed by atoms with Crippen molar-refractivity contribution in [3.63, 3.8) is 0 Å². The van der Waals surface area contributed by atoms with Crippen molar-refractivity contribution in [2.75, 3.05) is 25.5 Å². The van der Waals surface area contributed by atoms with E-state index in [9.17, 15) is 0 Å². The average molecular weight is 273 g/mol. The molecular formula is C14H27NO2S. The van der Waals surface area contributed by atoms with Gasteiger partial charge >= 0.3 is 0 Å². The molecule has 1 spiro atoms. The Labute approximate surface area is 115 Å². The summed E-state index contributed by atoms with van der Waals surface area (Å²) >= 11 is 2.03. The van der Waals surface area contributed by atoms with Gasteiger partial charge in [0, 0.05) is 35.9 Å². The fourth-order valence-corrected chi connectivity index (χ4v) is 3.50. The van der Waals surface area contributed by atoms with Crippen molar-refractivity contribution in [1.82, 2.24) is 5.32 Å². The molecule has 1 aliphatic heterocycles. The zero-order chi connectivity index (χ0) is 13.1. The number of rotatable bonds is 4. The Morgan fingerprint density at radius 2 is 1.78 bits per heavy atom. The van der Waals surface area contributed by atoms with Crippen LogP contribution in [0.3, 0.4) is 0 Å². The minimum Gasteiger partial charge on any atom is -0.348 e. The predicted molar refractivity (Wildman–Crippen MR) is 77.1 cm³/mol. The molecule has 0 aromatic heterocycles. The summed E-state index contributed by atoms with van der Waals surface area (Å²) in [6, 6.07) is 0.656. The molecule has 0 amide bonds. The van der Waals surface area contributed by atoms with Crippen LogP contribution in [0.5, 0.6) is 0 Å². The van der Waals surface area contributed by atoms with Crippen molar-refractivity contribution in [3.05, 3.63) is 0 Å². The maximum atomic E-state index is 5.75. The van der Waals surface area contributed by atoms with Crippen molar-refractivity contribution in [3.8, 4) is 0 Å². The number of hydrogen-bond donors (Lipinski definition) is 1. The van der Waals surface area contributed by atoms with Gasteiger partial charge in [0.1, 0.15) is 0 Å². The van der Waals surface area contributed by atoms with Crippen LogP contribution in [0.4, 0.5) is 0 Å². The van der Waals surface area contributed by atoms with E-state index < -0.39 is 0 Å². The molecule has 0 unspecified atom stereocenters. The molecule has 1 N–H and O–H groups in total. The van der Waals surface area contributed by atoms with E-state index in [0.717, 1.165) is 32.6 Å². The topological polar surface area (TPSA) is 30.5 Å². The maximum absolute atomic E-state index is 5.75. The largest absolute Gasteiger partial charge is 0.348 e. The maximum Gasteiger partial charge on any atom is 0.168 e. The lowest BCUT2D eigenvalue weighted by molar-refractivity contribution is -0.179. The van der Waals surface area contributed by atoms with Crippen LogP contribution in [0, 0.1) is 0 Å². The Bertz CT molecular complexity index is 249. The summed E-state index contributed by atoms with van der Waals surface area (Å²) in [5.41, 5.74) is 0. The molecule has 0 aromatic rings. The highest BCUT2D eigenvalue weighted by Gasteiger charge is 2.39. The average Bonchev–Trinajstić information content (AvgIpc) is 2.75. The molecule has 2 rings (SSSR count). The van der Waals surface area contributed by atoms with Gasteiger partial charge in [0.2, 0.25) is 0 Å². The van der Waals surface area contributed by atoms with Crippen LogP contribution >= 0.6 is 11.8 Å². The van der Waals surface area contributed by atoms with Crippen LogP contribution in [0.2, 0.25) is 0 Å². The van der Waals surface area contributed by atoms with Gasteiger partial charge in [-0.05, 0) is 12.8 Å². The third-order valence-electron chi connectivity index (χ3n) is 3.63. The summed E-state index contributed by atoms with van der Waals surface area (Å²) in [6.07, 6.45) is 4.47. The van der Waals surface area contributed by atoms with Gasteiger partial charge in [-0.3, -0.25) is 0 Å². The van der Waals surface area contributed by atoms with Crippen molar-refractivity contribution in [1.29, 1.82) is 0 Å². The molecule has 106 valence electrons. The molecule has 3 nitrogen and oxygen atoms in total. The molecule has 0 radical (unpaired) electrons. The second-order valence-corrected chi connectivity index (χ2v) is 8.22. The number of nitrogens with one attached hydrogen (secondary N) is 1. The highest BCUT2D eigenvalue weighted by Crippen LogP contribution is 2.35. The minimum absolute atomic E-state index is 0.210. The van der Waals surface area contributed by atoms with Gasteiger partial charge in [0.15, 0.2) is 5.79 Å². The highest BCUT2D eigenvalue weighted by molar-refractivity contribution is 8.00. The van der Waals surface area contributed by atoms with Gasteiger partial charge in [-0.1, -0.05) is 20.8 Å². The van der Waals surface area contributed by atoms with E-state index in [1.54, 1.807) is 0 Å². The van der Waals surface area contributed by atoms with E-state index in [4.69, 9.17) is 9.47 Å². The molecule has 0 bridgehead atoms. The van der Waals surface area contributed by atoms with Crippen LogP contribution in [-0.4, -0.2) is 42.1 Å². The molecule has 1 aliphatic carbocycles. The third-order valence-corrected chi connectivity index (χ3v) is 4.91. The second kappa shape index (κ2) is 6.12. The first-order valence-corrected chi connectivity index (χ1v) is 8.13. The second-order valence-electron chi connectivity index (χ2n) is 6.30. The van der Waals surface area contributed by atoms with E-state index in [2.05, 4.69) is 26.1 Å². The Kier molecular flexibility index (Phi) is 4.98. The molecule has 0 atom stereocenters. The van der Waals surface area contributed by atoms with E-state index in [1.807, 2.05) is 11.8 Å². The van der Waals surface area contributed by atoms with E-state index in [0.29, 0.717) is 10.8 Å². The lowest BCUT2D eigenvalue weighted by Crippen LogP contribution is -2.42. The molecule has 4 heteroatoms. The Morgan fingerprint density at radius 1 is 1.17 bits per heavy atom. The first-order chi connectivity index (χ1) is 8.49. The normalized spacial score (nSPS) is 24.8. The van der Waals surface area contributed by atoms with Gasteiger partial charge in [0.25, 0.3) is 0 Å². The molecule has 1 saturated heterocycles. The van der Waals surface area contributed by atoms with Gasteiger partial charge in [-0.25, -0.2) is 0 Å². The lowest BCUT2D eigenvalue weighted by Gasteiger charge is -2.35. The summed E-state index contributed by atoms with van der Waals surface area (Å²) in [5, 5.41) is 3.67. The fraction of sp³-hybridized carbons (Fsp3) is 1.00. The molecular weight excluding hydrogens is 246 g/mol. The summed E-state index contributed by atoms with van der Waals surface area (Å²) in [5.74, 6) is 0.983. The quantitative estimate of drug-likeness (QED) is 0.798. The fourth-order valence-electron chi connectivity index (χ4n) is 2.67. The van der Waals surface area contributed by atoms with Gasteiger partial charge < -0.3 is 14.8 Å². The van der Waals surface area contributed by atoms with Gasteiger partial charge in [-0.2, -0.15) is 11.8 Å². The smallest absolute Gasteiger partial charge is 0.168 e. The standard InChI is InChI=1S/C14H27NO2S/c1-13(2,3)18-11-8-15-12-4-6-14(7-5-12)16-9-10-17-14/h12,15H,4-11H2,1-3H3. The molecule has 2 fully saturated rings. The van der Waals surface area contributed by atoms with Crippen LogP contribution in [-0.2, 0) is 9.47 Å². The molecule has 0 aromatic carbocycles. The lowest BCUT2D eigenvalue weighted by atomic mass is 9.90. The Hall–Kier alpha value is 0.230. The van der Waals surface area contributed by atoms with Gasteiger partial charge in [-0.15, -0.1) is 0 Å². The van der Waals surface area contributed by atoms with Crippen molar-refractivity contribution >= 4 is 11.8 Å². The monoisotopic (exact) mass is 273 g/mol. The van der Waals surface area contributed by atoms with Crippen LogP contribution in [0.15, 0.2) is 0 Å². The predicted octanol–water partition coefficient (Wildman–Crippen LogP) is 2.79. The Morgan fingerprint density at radius 3 is 2.33 bits per heavy atom. The van der Waals surface area contributed by atoms with E-state index in [-0.39, 0.29) is 5.79 Å². The van der Waals surface area contributed by atoms with Crippen molar-refractivity contribution in [2.24, 2.45) is 0 Å². The molecule has 1 heterocycles. The minimum atomic E-state index is -0.210. The zero-order valence-electron chi connectivity index (χ0n) is 12.0. The number of thioether (sulfide) groups is 1. The first-order valence-electron chi connectivity index (χ1n) is 7.14. The number of ether oxygens (including phenoxy) is 2. The number of hydrogen-bond acceptors (Lipinski definition) is 4. The van der Waals surface area contributed by atoms with Crippen molar-refractivity contribution < 1.29 is 9.47 Å². The van der Waals surface area contributed by atoms with E-state index >= 15 is 0 Å². The van der Waals surface area contributed by atoms with Gasteiger partial charge in [0.05, 0.1) is 13.2 Å². The van der Waals surface area contributed by atoms with E-state index in [1.165, 1.54) is 18.6 Å². The highest BCUT2D eigenvalue weighted by atomic mass is 32.2. The third kappa shape index (κ3) is 4.41. The summed E-state index contributed by atoms with van der Waals surface area (Å²) in [7, 11) is 0. The zero-order valence-corrected chi connectivity index (χ0v) is 12.8. The SMILES string of the molecule is CC(C)(C)SCCNC1CCC2(CC1)OCCO2. The van der Waals surface area contributed by atoms with Crippen LogP contribution in [0.25, 0.3) is 0 Å². The van der Waals surface area contributed by atoms with Crippen molar-refractivity contribution in [2.45, 2.75) is 63.0 Å². The first kappa shape index (κ1) is 14.6. The molecule has 18 heavy (non-hydrogen) atoms. The molecule has 2 aliphatic rings.